The number of hydrogen-bond donors (Lipinski definition) is 0. The van der Waals surface area contributed by atoms with E-state index in [0.717, 1.165) is 25.0 Å². The van der Waals surface area contributed by atoms with Gasteiger partial charge in [0.1, 0.15) is 11.4 Å². The molecular weight excluding hydrogens is 370 g/mol. The minimum absolute atomic E-state index is 0.0421. The van der Waals surface area contributed by atoms with Crippen molar-refractivity contribution in [2.75, 3.05) is 26.8 Å². The summed E-state index contributed by atoms with van der Waals surface area (Å²) in [7, 11) is 1.67. The van der Waals surface area contributed by atoms with Crippen molar-refractivity contribution in [3.05, 3.63) is 29.3 Å². The minimum Gasteiger partial charge on any atom is -0.497 e. The molecule has 1 saturated heterocycles. The number of rotatable bonds is 4. The van der Waals surface area contributed by atoms with Crippen molar-refractivity contribution in [2.24, 2.45) is 0 Å². The van der Waals surface area contributed by atoms with Crippen LogP contribution in [0.3, 0.4) is 0 Å². The van der Waals surface area contributed by atoms with Gasteiger partial charge in [-0.05, 0) is 81.5 Å². The van der Waals surface area contributed by atoms with Gasteiger partial charge < -0.3 is 19.1 Å². The van der Waals surface area contributed by atoms with Gasteiger partial charge in [0.25, 0.3) is 0 Å². The van der Waals surface area contributed by atoms with E-state index in [4.69, 9.17) is 14.2 Å². The van der Waals surface area contributed by atoms with E-state index in [1.54, 1.807) is 12.0 Å². The number of methoxy groups -OCH3 is 1. The van der Waals surface area contributed by atoms with E-state index in [0.29, 0.717) is 26.1 Å². The summed E-state index contributed by atoms with van der Waals surface area (Å²) >= 11 is 0. The number of ether oxygens (including phenoxy) is 3. The SMILES string of the molecule is CCOC(=O)C[C@@H]1CC2(CCN(C(=O)OC(C)(C)C)CC2)c2cc(OC)ccc21. The minimum atomic E-state index is -0.496. The second kappa shape index (κ2) is 8.25. The fourth-order valence-corrected chi connectivity index (χ4v) is 4.69. The Morgan fingerprint density at radius 2 is 1.90 bits per heavy atom. The van der Waals surface area contributed by atoms with Crippen molar-refractivity contribution < 1.29 is 23.8 Å². The fourth-order valence-electron chi connectivity index (χ4n) is 4.69. The Hall–Kier alpha value is -2.24. The number of likely N-dealkylation sites (tertiary alicyclic amines) is 1. The molecule has 1 heterocycles. The van der Waals surface area contributed by atoms with Gasteiger partial charge in [0.05, 0.1) is 20.1 Å². The van der Waals surface area contributed by atoms with E-state index in [9.17, 15) is 9.59 Å². The first-order chi connectivity index (χ1) is 13.7. The van der Waals surface area contributed by atoms with Crippen LogP contribution >= 0.6 is 0 Å². The second-order valence-corrected chi connectivity index (χ2v) is 9.11. The number of amides is 1. The number of carbonyl (C=O) groups is 2. The molecule has 1 aromatic rings. The molecule has 29 heavy (non-hydrogen) atoms. The summed E-state index contributed by atoms with van der Waals surface area (Å²) in [5.41, 5.74) is 1.93. The summed E-state index contributed by atoms with van der Waals surface area (Å²) in [6, 6.07) is 6.17. The van der Waals surface area contributed by atoms with E-state index < -0.39 is 5.60 Å². The molecule has 1 aliphatic heterocycles. The Kier molecular flexibility index (Phi) is 6.11. The Labute approximate surface area is 173 Å². The first-order valence-electron chi connectivity index (χ1n) is 10.5. The normalized spacial score (nSPS) is 20.3. The first kappa shape index (κ1) is 21.5. The third-order valence-electron chi connectivity index (χ3n) is 6.00. The monoisotopic (exact) mass is 403 g/mol. The third-order valence-corrected chi connectivity index (χ3v) is 6.00. The number of hydrogen-bond acceptors (Lipinski definition) is 5. The molecule has 6 heteroatoms. The van der Waals surface area contributed by atoms with E-state index in [-0.39, 0.29) is 23.4 Å². The molecule has 1 amide bonds. The molecule has 1 atom stereocenters. The predicted molar refractivity (Wildman–Crippen MR) is 110 cm³/mol. The molecule has 0 aromatic heterocycles. The lowest BCUT2D eigenvalue weighted by molar-refractivity contribution is -0.143. The average Bonchev–Trinajstić information content (AvgIpc) is 2.93. The first-order valence-corrected chi connectivity index (χ1v) is 10.5. The smallest absolute Gasteiger partial charge is 0.410 e. The highest BCUT2D eigenvalue weighted by molar-refractivity contribution is 5.71. The second-order valence-electron chi connectivity index (χ2n) is 9.11. The number of piperidine rings is 1. The Morgan fingerprint density at radius 1 is 1.21 bits per heavy atom. The molecule has 160 valence electrons. The van der Waals surface area contributed by atoms with Gasteiger partial charge in [-0.25, -0.2) is 4.79 Å². The maximum absolute atomic E-state index is 12.5. The Morgan fingerprint density at radius 3 is 2.48 bits per heavy atom. The summed E-state index contributed by atoms with van der Waals surface area (Å²) < 4.78 is 16.2. The standard InChI is InChI=1S/C23H33NO5/c1-6-28-20(25)13-16-15-23(19-14-17(27-5)7-8-18(16)19)9-11-24(12-10-23)21(26)29-22(2,3)4/h7-8,14,16H,6,9-13,15H2,1-5H3/t16-/m1/s1. The van der Waals surface area contributed by atoms with E-state index in [2.05, 4.69) is 12.1 Å². The van der Waals surface area contributed by atoms with Crippen LogP contribution in [-0.4, -0.2) is 49.4 Å². The van der Waals surface area contributed by atoms with Crippen LogP contribution in [0, 0.1) is 0 Å². The van der Waals surface area contributed by atoms with Gasteiger partial charge in [0.15, 0.2) is 0 Å². The molecule has 2 aliphatic rings. The zero-order chi connectivity index (χ0) is 21.2. The number of esters is 1. The van der Waals surface area contributed by atoms with Gasteiger partial charge in [-0.1, -0.05) is 6.07 Å². The Balaban J connectivity index is 1.79. The number of benzene rings is 1. The molecule has 0 N–H and O–H groups in total. The zero-order valence-corrected chi connectivity index (χ0v) is 18.2. The highest BCUT2D eigenvalue weighted by atomic mass is 16.6. The molecule has 6 nitrogen and oxygen atoms in total. The zero-order valence-electron chi connectivity index (χ0n) is 18.2. The summed E-state index contributed by atoms with van der Waals surface area (Å²) in [5.74, 6) is 0.819. The molecular formula is C23H33NO5. The summed E-state index contributed by atoms with van der Waals surface area (Å²) in [6.45, 7) is 9.19. The van der Waals surface area contributed by atoms with Crippen LogP contribution in [0.4, 0.5) is 4.79 Å². The van der Waals surface area contributed by atoms with Gasteiger partial charge >= 0.3 is 12.1 Å². The predicted octanol–water partition coefficient (Wildman–Crippen LogP) is 4.40. The maximum atomic E-state index is 12.5. The van der Waals surface area contributed by atoms with Gasteiger partial charge in [-0.3, -0.25) is 4.79 Å². The highest BCUT2D eigenvalue weighted by Gasteiger charge is 2.47. The number of fused-ring (bicyclic) bond motifs is 2. The Bertz CT molecular complexity index is 759. The molecule has 1 fully saturated rings. The lowest BCUT2D eigenvalue weighted by Crippen LogP contribution is -2.46. The largest absolute Gasteiger partial charge is 0.497 e. The molecule has 0 radical (unpaired) electrons. The van der Waals surface area contributed by atoms with Gasteiger partial charge in [0, 0.05) is 13.1 Å². The lowest BCUT2D eigenvalue weighted by Gasteiger charge is -2.40. The van der Waals surface area contributed by atoms with Crippen molar-refractivity contribution >= 4 is 12.1 Å². The van der Waals surface area contributed by atoms with Gasteiger partial charge in [-0.2, -0.15) is 0 Å². The molecule has 1 aromatic carbocycles. The van der Waals surface area contributed by atoms with Crippen LogP contribution in [0.15, 0.2) is 18.2 Å². The highest BCUT2D eigenvalue weighted by Crippen LogP contribution is 2.53. The van der Waals surface area contributed by atoms with Crippen LogP contribution in [0.25, 0.3) is 0 Å². The van der Waals surface area contributed by atoms with E-state index >= 15 is 0 Å². The molecule has 1 aliphatic carbocycles. The maximum Gasteiger partial charge on any atom is 0.410 e. The molecule has 0 unspecified atom stereocenters. The van der Waals surface area contributed by atoms with Gasteiger partial charge in [-0.15, -0.1) is 0 Å². The van der Waals surface area contributed by atoms with E-state index in [1.807, 2.05) is 33.8 Å². The van der Waals surface area contributed by atoms with Crippen LogP contribution in [0.1, 0.15) is 70.4 Å². The van der Waals surface area contributed by atoms with Gasteiger partial charge in [0.2, 0.25) is 0 Å². The van der Waals surface area contributed by atoms with Crippen LogP contribution < -0.4 is 4.74 Å². The van der Waals surface area contributed by atoms with Crippen molar-refractivity contribution in [1.82, 2.24) is 4.90 Å². The topological polar surface area (TPSA) is 65.1 Å². The van der Waals surface area contributed by atoms with Crippen LogP contribution in [0.5, 0.6) is 5.75 Å². The van der Waals surface area contributed by atoms with Crippen molar-refractivity contribution in [3.8, 4) is 5.75 Å². The number of carbonyl (C=O) groups excluding carboxylic acids is 2. The molecule has 3 rings (SSSR count). The third kappa shape index (κ3) is 4.68. The molecule has 0 bridgehead atoms. The summed E-state index contributed by atoms with van der Waals surface area (Å²) in [6.07, 6.45) is 2.75. The summed E-state index contributed by atoms with van der Waals surface area (Å²) in [4.78, 5) is 26.4. The van der Waals surface area contributed by atoms with E-state index in [1.165, 1.54) is 11.1 Å². The molecule has 1 spiro atoms. The van der Waals surface area contributed by atoms with Crippen molar-refractivity contribution in [3.63, 3.8) is 0 Å². The van der Waals surface area contributed by atoms with Crippen LogP contribution in [-0.2, 0) is 19.7 Å². The quantitative estimate of drug-likeness (QED) is 0.697. The molecule has 0 saturated carbocycles. The van der Waals surface area contributed by atoms with Crippen LogP contribution in [0.2, 0.25) is 0 Å². The fraction of sp³-hybridized carbons (Fsp3) is 0.652. The number of nitrogens with zero attached hydrogens (tertiary/aromatic N) is 1. The lowest BCUT2D eigenvalue weighted by atomic mass is 9.73. The van der Waals surface area contributed by atoms with Crippen molar-refractivity contribution in [1.29, 1.82) is 0 Å². The van der Waals surface area contributed by atoms with Crippen molar-refractivity contribution in [2.45, 2.75) is 70.3 Å². The average molecular weight is 404 g/mol. The summed E-state index contributed by atoms with van der Waals surface area (Å²) in [5, 5.41) is 0.